The first-order chi connectivity index (χ1) is 9.69. The van der Waals surface area contributed by atoms with Crippen molar-refractivity contribution >= 4 is 5.69 Å². The number of benzene rings is 1. The van der Waals surface area contributed by atoms with E-state index >= 15 is 0 Å². The van der Waals surface area contributed by atoms with Gasteiger partial charge in [-0.3, -0.25) is 4.98 Å². The number of hydrogen-bond donors (Lipinski definition) is 1. The Labute approximate surface area is 119 Å². The highest BCUT2D eigenvalue weighted by Crippen LogP contribution is 2.35. The second-order valence-corrected chi connectivity index (χ2v) is 5.36. The maximum atomic E-state index is 9.25. The lowest BCUT2D eigenvalue weighted by Crippen LogP contribution is -2.24. The molecule has 0 aliphatic heterocycles. The van der Waals surface area contributed by atoms with Gasteiger partial charge in [-0.15, -0.1) is 0 Å². The molecule has 3 nitrogen and oxygen atoms in total. The van der Waals surface area contributed by atoms with E-state index in [1.165, 1.54) is 11.1 Å². The summed E-state index contributed by atoms with van der Waals surface area (Å²) in [7, 11) is 0. The number of pyridine rings is 1. The molecule has 20 heavy (non-hydrogen) atoms. The Morgan fingerprint density at radius 2 is 2.15 bits per heavy atom. The minimum absolute atomic E-state index is 0.548. The predicted octanol–water partition coefficient (Wildman–Crippen LogP) is 3.32. The molecule has 1 aliphatic carbocycles. The average molecular weight is 263 g/mol. The first-order valence-electron chi connectivity index (χ1n) is 6.89. The average Bonchev–Trinajstić information content (AvgIpc) is 2.39. The largest absolute Gasteiger partial charge is 0.383 e. The molecule has 1 aromatic heterocycles. The quantitative estimate of drug-likeness (QED) is 0.924. The van der Waals surface area contributed by atoms with Crippen molar-refractivity contribution in [1.29, 1.82) is 5.26 Å². The van der Waals surface area contributed by atoms with Crippen LogP contribution in [0.25, 0.3) is 0 Å². The molecule has 0 spiro atoms. The molecule has 0 saturated carbocycles. The second-order valence-electron chi connectivity index (χ2n) is 5.36. The van der Waals surface area contributed by atoms with Crippen molar-refractivity contribution in [2.75, 3.05) is 11.9 Å². The summed E-state index contributed by atoms with van der Waals surface area (Å²) in [5.41, 5.74) is 6.18. The van der Waals surface area contributed by atoms with Crippen LogP contribution in [0.4, 0.5) is 5.69 Å². The number of nitriles is 1. The van der Waals surface area contributed by atoms with Gasteiger partial charge in [0.15, 0.2) is 0 Å². The van der Waals surface area contributed by atoms with E-state index in [2.05, 4.69) is 40.6 Å². The standard InChI is InChI=1S/C17H17N3/c1-11-7-17(16(9-18)12(2)20-11)19-10-14-8-13-5-3-4-6-15(13)14/h3-7,14H,8,10H2,1-2H3,(H,19,20). The van der Waals surface area contributed by atoms with Crippen molar-refractivity contribution in [2.24, 2.45) is 0 Å². The molecule has 1 atom stereocenters. The molecule has 0 amide bonds. The fourth-order valence-electron chi connectivity index (χ4n) is 2.89. The molecule has 3 heteroatoms. The molecule has 2 aromatic rings. The Balaban J connectivity index is 1.76. The van der Waals surface area contributed by atoms with Crippen molar-refractivity contribution in [3.8, 4) is 6.07 Å². The van der Waals surface area contributed by atoms with E-state index in [-0.39, 0.29) is 0 Å². The van der Waals surface area contributed by atoms with Crippen molar-refractivity contribution in [1.82, 2.24) is 4.98 Å². The molecule has 1 aromatic carbocycles. The van der Waals surface area contributed by atoms with Crippen LogP contribution < -0.4 is 5.32 Å². The van der Waals surface area contributed by atoms with Gasteiger partial charge in [0.2, 0.25) is 0 Å². The fourth-order valence-corrected chi connectivity index (χ4v) is 2.89. The molecule has 0 fully saturated rings. The molecule has 1 unspecified atom stereocenters. The lowest BCUT2D eigenvalue weighted by molar-refractivity contribution is 0.635. The molecule has 1 heterocycles. The Morgan fingerprint density at radius 3 is 2.90 bits per heavy atom. The highest BCUT2D eigenvalue weighted by molar-refractivity contribution is 5.60. The van der Waals surface area contributed by atoms with Crippen molar-refractivity contribution in [3.63, 3.8) is 0 Å². The van der Waals surface area contributed by atoms with Crippen LogP contribution >= 0.6 is 0 Å². The monoisotopic (exact) mass is 263 g/mol. The maximum absolute atomic E-state index is 9.25. The van der Waals surface area contributed by atoms with Crippen molar-refractivity contribution in [2.45, 2.75) is 26.2 Å². The molecule has 0 saturated heterocycles. The Bertz CT molecular complexity index is 698. The minimum atomic E-state index is 0.548. The Kier molecular flexibility index (Phi) is 3.15. The Morgan fingerprint density at radius 1 is 1.35 bits per heavy atom. The van der Waals surface area contributed by atoms with Gasteiger partial charge in [-0.1, -0.05) is 24.3 Å². The molecular formula is C17H17N3. The van der Waals surface area contributed by atoms with Gasteiger partial charge in [0.25, 0.3) is 0 Å². The fraction of sp³-hybridized carbons (Fsp3) is 0.294. The van der Waals surface area contributed by atoms with Gasteiger partial charge < -0.3 is 5.32 Å². The lowest BCUT2D eigenvalue weighted by atomic mass is 9.77. The predicted molar refractivity (Wildman–Crippen MR) is 79.8 cm³/mol. The van der Waals surface area contributed by atoms with Crippen LogP contribution in [0.3, 0.4) is 0 Å². The lowest BCUT2D eigenvalue weighted by Gasteiger charge is -2.30. The maximum Gasteiger partial charge on any atom is 0.103 e. The number of aromatic nitrogens is 1. The van der Waals surface area contributed by atoms with Gasteiger partial charge in [0.05, 0.1) is 16.9 Å². The van der Waals surface area contributed by atoms with Crippen molar-refractivity contribution in [3.05, 3.63) is 58.4 Å². The third-order valence-corrected chi connectivity index (χ3v) is 3.94. The summed E-state index contributed by atoms with van der Waals surface area (Å²) in [5, 5.41) is 12.7. The first-order valence-corrected chi connectivity index (χ1v) is 6.89. The van der Waals surface area contributed by atoms with E-state index in [0.29, 0.717) is 11.5 Å². The smallest absolute Gasteiger partial charge is 0.103 e. The summed E-state index contributed by atoms with van der Waals surface area (Å²) in [4.78, 5) is 4.34. The number of aryl methyl sites for hydroxylation is 2. The Hall–Kier alpha value is -2.34. The van der Waals surface area contributed by atoms with Crippen LogP contribution in [-0.2, 0) is 6.42 Å². The van der Waals surface area contributed by atoms with E-state index in [0.717, 1.165) is 30.0 Å². The molecular weight excluding hydrogens is 246 g/mol. The number of fused-ring (bicyclic) bond motifs is 1. The highest BCUT2D eigenvalue weighted by atomic mass is 14.9. The molecule has 0 bridgehead atoms. The van der Waals surface area contributed by atoms with E-state index < -0.39 is 0 Å². The first kappa shape index (κ1) is 12.7. The van der Waals surface area contributed by atoms with Gasteiger partial charge in [0.1, 0.15) is 6.07 Å². The molecule has 100 valence electrons. The summed E-state index contributed by atoms with van der Waals surface area (Å²) in [5.74, 6) is 0.548. The summed E-state index contributed by atoms with van der Waals surface area (Å²) in [6, 6.07) is 12.8. The van der Waals surface area contributed by atoms with E-state index in [9.17, 15) is 5.26 Å². The number of nitrogens with one attached hydrogen (secondary N) is 1. The number of nitrogens with zero attached hydrogens (tertiary/aromatic N) is 2. The SMILES string of the molecule is Cc1cc(NCC2Cc3ccccc32)c(C#N)c(C)n1. The molecule has 1 N–H and O–H groups in total. The zero-order valence-corrected chi connectivity index (χ0v) is 11.8. The van der Waals surface area contributed by atoms with Gasteiger partial charge >= 0.3 is 0 Å². The zero-order valence-electron chi connectivity index (χ0n) is 11.8. The summed E-state index contributed by atoms with van der Waals surface area (Å²) in [6.07, 6.45) is 1.12. The van der Waals surface area contributed by atoms with E-state index in [4.69, 9.17) is 0 Å². The topological polar surface area (TPSA) is 48.7 Å². The van der Waals surface area contributed by atoms with Gasteiger partial charge in [0, 0.05) is 18.2 Å². The molecule has 0 radical (unpaired) electrons. The summed E-state index contributed by atoms with van der Waals surface area (Å²) in [6.45, 7) is 4.71. The van der Waals surface area contributed by atoms with Crippen molar-refractivity contribution < 1.29 is 0 Å². The zero-order chi connectivity index (χ0) is 14.1. The normalized spacial score (nSPS) is 15.9. The van der Waals surface area contributed by atoms with Crippen LogP contribution in [0.5, 0.6) is 0 Å². The number of anilines is 1. The second kappa shape index (κ2) is 4.97. The van der Waals surface area contributed by atoms with Gasteiger partial charge in [-0.05, 0) is 37.5 Å². The number of hydrogen-bond acceptors (Lipinski definition) is 3. The van der Waals surface area contributed by atoms with Gasteiger partial charge in [-0.2, -0.15) is 5.26 Å². The molecule has 1 aliphatic rings. The van der Waals surface area contributed by atoms with E-state index in [1.54, 1.807) is 0 Å². The van der Waals surface area contributed by atoms with E-state index in [1.807, 2.05) is 19.9 Å². The van der Waals surface area contributed by atoms with Gasteiger partial charge in [-0.25, -0.2) is 0 Å². The number of rotatable bonds is 3. The van der Waals surface area contributed by atoms with Crippen LogP contribution in [0, 0.1) is 25.2 Å². The van der Waals surface area contributed by atoms with Crippen LogP contribution in [0.15, 0.2) is 30.3 Å². The third-order valence-electron chi connectivity index (χ3n) is 3.94. The minimum Gasteiger partial charge on any atom is -0.383 e. The summed E-state index contributed by atoms with van der Waals surface area (Å²) < 4.78 is 0. The molecule has 3 rings (SSSR count). The van der Waals surface area contributed by atoms with Crippen LogP contribution in [0.2, 0.25) is 0 Å². The summed E-state index contributed by atoms with van der Waals surface area (Å²) >= 11 is 0. The van der Waals surface area contributed by atoms with Crippen LogP contribution in [0.1, 0.15) is 34.0 Å². The highest BCUT2D eigenvalue weighted by Gasteiger charge is 2.25. The van der Waals surface area contributed by atoms with Crippen LogP contribution in [-0.4, -0.2) is 11.5 Å². The third kappa shape index (κ3) is 2.14.